The highest BCUT2D eigenvalue weighted by Gasteiger charge is 2.00. The molecule has 0 aromatic heterocycles. The Morgan fingerprint density at radius 2 is 1.24 bits per heavy atom. The van der Waals surface area contributed by atoms with Crippen molar-refractivity contribution in [2.75, 3.05) is 13.2 Å². The van der Waals surface area contributed by atoms with Crippen LogP contribution in [0.2, 0.25) is 0 Å². The van der Waals surface area contributed by atoms with E-state index in [0.29, 0.717) is 12.2 Å². The standard InChI is InChI=1S/C22H27NO2/c23-18-19-8-10-20(11-9-19)21-12-14-22(15-13-21)25-17-7-5-3-1-2-4-6-16-24/h8-15,24H,1-7,16-17H2. The van der Waals surface area contributed by atoms with E-state index in [-0.39, 0.29) is 0 Å². The molecule has 0 radical (unpaired) electrons. The summed E-state index contributed by atoms with van der Waals surface area (Å²) in [5.41, 5.74) is 2.91. The van der Waals surface area contributed by atoms with E-state index in [1.54, 1.807) is 0 Å². The fourth-order valence-electron chi connectivity index (χ4n) is 2.77. The first-order chi connectivity index (χ1) is 12.3. The summed E-state index contributed by atoms with van der Waals surface area (Å²) in [4.78, 5) is 0. The minimum absolute atomic E-state index is 0.317. The van der Waals surface area contributed by atoms with Gasteiger partial charge in [-0.3, -0.25) is 0 Å². The van der Waals surface area contributed by atoms with Gasteiger partial charge in [0, 0.05) is 6.61 Å². The van der Waals surface area contributed by atoms with E-state index in [1.165, 1.54) is 25.7 Å². The van der Waals surface area contributed by atoms with Gasteiger partial charge in [-0.25, -0.2) is 0 Å². The van der Waals surface area contributed by atoms with Crippen LogP contribution in [0.5, 0.6) is 5.75 Å². The minimum Gasteiger partial charge on any atom is -0.494 e. The second kappa shape index (κ2) is 11.3. The van der Waals surface area contributed by atoms with E-state index in [0.717, 1.165) is 42.7 Å². The quantitative estimate of drug-likeness (QED) is 0.564. The van der Waals surface area contributed by atoms with Gasteiger partial charge in [0.2, 0.25) is 0 Å². The molecule has 0 saturated heterocycles. The van der Waals surface area contributed by atoms with Gasteiger partial charge in [-0.1, -0.05) is 56.4 Å². The van der Waals surface area contributed by atoms with Gasteiger partial charge in [-0.2, -0.15) is 5.26 Å². The first-order valence-electron chi connectivity index (χ1n) is 9.18. The molecule has 0 aliphatic rings. The largest absolute Gasteiger partial charge is 0.494 e. The molecule has 2 aromatic rings. The van der Waals surface area contributed by atoms with Crippen molar-refractivity contribution in [3.8, 4) is 22.9 Å². The Kier molecular flexibility index (Phi) is 8.58. The second-order valence-corrected chi connectivity index (χ2v) is 6.26. The molecule has 25 heavy (non-hydrogen) atoms. The third kappa shape index (κ3) is 6.99. The Hall–Kier alpha value is -2.31. The van der Waals surface area contributed by atoms with Crippen molar-refractivity contribution in [2.45, 2.75) is 44.9 Å². The van der Waals surface area contributed by atoms with Crippen LogP contribution in [0.3, 0.4) is 0 Å². The average Bonchev–Trinajstić information content (AvgIpc) is 2.67. The highest BCUT2D eigenvalue weighted by molar-refractivity contribution is 5.64. The van der Waals surface area contributed by atoms with Gasteiger partial charge < -0.3 is 9.84 Å². The third-order valence-electron chi connectivity index (χ3n) is 4.27. The number of ether oxygens (including phenoxy) is 1. The normalized spacial score (nSPS) is 10.4. The van der Waals surface area contributed by atoms with Crippen LogP contribution in [0.25, 0.3) is 11.1 Å². The second-order valence-electron chi connectivity index (χ2n) is 6.26. The van der Waals surface area contributed by atoms with Crippen molar-refractivity contribution in [1.29, 1.82) is 5.26 Å². The van der Waals surface area contributed by atoms with Crippen molar-refractivity contribution < 1.29 is 9.84 Å². The molecule has 2 rings (SSSR count). The van der Waals surface area contributed by atoms with Gasteiger partial charge in [-0.15, -0.1) is 0 Å². The average molecular weight is 337 g/mol. The van der Waals surface area contributed by atoms with E-state index >= 15 is 0 Å². The number of nitrogens with zero attached hydrogens (tertiary/aromatic N) is 1. The van der Waals surface area contributed by atoms with Crippen LogP contribution in [0, 0.1) is 11.3 Å². The van der Waals surface area contributed by atoms with Gasteiger partial charge in [0.05, 0.1) is 18.2 Å². The summed E-state index contributed by atoms with van der Waals surface area (Å²) in [6, 6.07) is 17.9. The third-order valence-corrected chi connectivity index (χ3v) is 4.27. The summed E-state index contributed by atoms with van der Waals surface area (Å²) in [5.74, 6) is 0.903. The molecule has 0 aliphatic heterocycles. The lowest BCUT2D eigenvalue weighted by Gasteiger charge is -2.08. The fraction of sp³-hybridized carbons (Fsp3) is 0.409. The van der Waals surface area contributed by atoms with Crippen LogP contribution in [-0.4, -0.2) is 18.3 Å². The maximum absolute atomic E-state index is 8.84. The van der Waals surface area contributed by atoms with E-state index in [4.69, 9.17) is 15.1 Å². The molecular formula is C22H27NO2. The predicted molar refractivity (Wildman–Crippen MR) is 101 cm³/mol. The highest BCUT2D eigenvalue weighted by Crippen LogP contribution is 2.23. The number of rotatable bonds is 11. The molecule has 132 valence electrons. The highest BCUT2D eigenvalue weighted by atomic mass is 16.5. The van der Waals surface area contributed by atoms with Crippen LogP contribution < -0.4 is 4.74 Å². The molecule has 0 spiro atoms. The molecule has 0 amide bonds. The first kappa shape index (κ1) is 19.0. The SMILES string of the molecule is N#Cc1ccc(-c2ccc(OCCCCCCCCCO)cc2)cc1. The number of benzene rings is 2. The Labute approximate surface area is 150 Å². The van der Waals surface area contributed by atoms with Gasteiger partial charge >= 0.3 is 0 Å². The number of hydrogen-bond donors (Lipinski definition) is 1. The van der Waals surface area contributed by atoms with Crippen LogP contribution in [0.15, 0.2) is 48.5 Å². The maximum atomic E-state index is 8.84. The van der Waals surface area contributed by atoms with Crippen molar-refractivity contribution in [2.24, 2.45) is 0 Å². The van der Waals surface area contributed by atoms with Crippen molar-refractivity contribution in [1.82, 2.24) is 0 Å². The topological polar surface area (TPSA) is 53.2 Å². The minimum atomic E-state index is 0.317. The molecule has 3 nitrogen and oxygen atoms in total. The monoisotopic (exact) mass is 337 g/mol. The van der Waals surface area contributed by atoms with Crippen molar-refractivity contribution in [3.05, 3.63) is 54.1 Å². The van der Waals surface area contributed by atoms with Crippen molar-refractivity contribution >= 4 is 0 Å². The fourth-order valence-corrected chi connectivity index (χ4v) is 2.77. The zero-order valence-corrected chi connectivity index (χ0v) is 14.8. The molecule has 1 N–H and O–H groups in total. The van der Waals surface area contributed by atoms with Crippen LogP contribution in [-0.2, 0) is 0 Å². The molecular weight excluding hydrogens is 310 g/mol. The lowest BCUT2D eigenvalue weighted by Crippen LogP contribution is -1.97. The molecule has 0 bridgehead atoms. The molecule has 0 unspecified atom stereocenters. The maximum Gasteiger partial charge on any atom is 0.119 e. The van der Waals surface area contributed by atoms with E-state index < -0.39 is 0 Å². The number of aliphatic hydroxyl groups is 1. The Morgan fingerprint density at radius 3 is 1.80 bits per heavy atom. The summed E-state index contributed by atoms with van der Waals surface area (Å²) < 4.78 is 5.80. The van der Waals surface area contributed by atoms with Crippen molar-refractivity contribution in [3.63, 3.8) is 0 Å². The summed E-state index contributed by atoms with van der Waals surface area (Å²) in [5, 5.41) is 17.6. The van der Waals surface area contributed by atoms with Crippen LogP contribution in [0.4, 0.5) is 0 Å². The molecule has 2 aromatic carbocycles. The van der Waals surface area contributed by atoms with Gasteiger partial charge in [0.1, 0.15) is 5.75 Å². The van der Waals surface area contributed by atoms with E-state index in [2.05, 4.69) is 18.2 Å². The van der Waals surface area contributed by atoms with Gasteiger partial charge in [0.15, 0.2) is 0 Å². The molecule has 0 aliphatic carbocycles. The lowest BCUT2D eigenvalue weighted by molar-refractivity contribution is 0.281. The summed E-state index contributed by atoms with van der Waals surface area (Å²) in [6.07, 6.45) is 8.06. The number of nitriles is 1. The summed E-state index contributed by atoms with van der Waals surface area (Å²) in [6.45, 7) is 1.07. The number of hydrogen-bond acceptors (Lipinski definition) is 3. The van der Waals surface area contributed by atoms with Gasteiger partial charge in [0.25, 0.3) is 0 Å². The molecule has 0 fully saturated rings. The molecule has 3 heteroatoms. The zero-order chi connectivity index (χ0) is 17.7. The number of unbranched alkanes of at least 4 members (excludes halogenated alkanes) is 6. The van der Waals surface area contributed by atoms with Gasteiger partial charge in [-0.05, 0) is 48.2 Å². The zero-order valence-electron chi connectivity index (χ0n) is 14.8. The molecule has 0 heterocycles. The lowest BCUT2D eigenvalue weighted by atomic mass is 10.0. The Balaban J connectivity index is 1.66. The Morgan fingerprint density at radius 1 is 0.720 bits per heavy atom. The smallest absolute Gasteiger partial charge is 0.119 e. The van der Waals surface area contributed by atoms with E-state index in [9.17, 15) is 0 Å². The number of aliphatic hydroxyl groups excluding tert-OH is 1. The first-order valence-corrected chi connectivity index (χ1v) is 9.18. The predicted octanol–water partition coefficient (Wildman–Crippen LogP) is 5.33. The molecule has 0 saturated carbocycles. The van der Waals surface area contributed by atoms with Crippen LogP contribution in [0.1, 0.15) is 50.5 Å². The summed E-state index contributed by atoms with van der Waals surface area (Å²) >= 11 is 0. The molecule has 0 atom stereocenters. The van der Waals surface area contributed by atoms with E-state index in [1.807, 2.05) is 36.4 Å². The Bertz CT molecular complexity index is 641. The summed E-state index contributed by atoms with van der Waals surface area (Å²) in [7, 11) is 0. The van der Waals surface area contributed by atoms with Crippen LogP contribution >= 0.6 is 0 Å².